The number of aromatic nitrogens is 1. The molecule has 0 amide bonds. The number of para-hydroxylation sites is 1. The molecule has 0 fully saturated rings. The molecule has 1 atom stereocenters. The lowest BCUT2D eigenvalue weighted by atomic mass is 9.96. The quantitative estimate of drug-likeness (QED) is 0.107. The molecule has 0 bridgehead atoms. The van der Waals surface area contributed by atoms with E-state index < -0.39 is 12.0 Å². The minimum absolute atomic E-state index is 0.209. The molecule has 0 radical (unpaired) electrons. The molecule has 1 aliphatic heterocycles. The van der Waals surface area contributed by atoms with Gasteiger partial charge in [-0.2, -0.15) is 0 Å². The first-order chi connectivity index (χ1) is 22.4. The van der Waals surface area contributed by atoms with E-state index in [2.05, 4.69) is 24.0 Å². The minimum atomic E-state index is -0.700. The van der Waals surface area contributed by atoms with Crippen molar-refractivity contribution in [1.29, 1.82) is 0 Å². The summed E-state index contributed by atoms with van der Waals surface area (Å²) in [6.45, 7) is 6.66. The number of carbonyl (C=O) groups is 1. The Bertz CT molecular complexity index is 1860. The van der Waals surface area contributed by atoms with E-state index in [4.69, 9.17) is 25.8 Å². The van der Waals surface area contributed by atoms with Crippen molar-refractivity contribution in [3.05, 3.63) is 125 Å². The fraction of sp³-hybridized carbons (Fsp3) is 0.324. The third kappa shape index (κ3) is 7.98. The molecule has 0 saturated heterocycles. The molecule has 2 heterocycles. The van der Waals surface area contributed by atoms with Crippen LogP contribution in [0.1, 0.15) is 69.2 Å². The highest BCUT2D eigenvalue weighted by Crippen LogP contribution is 2.31. The number of nitrogens with zero attached hydrogens (tertiary/aromatic N) is 2. The van der Waals surface area contributed by atoms with Gasteiger partial charge in [0.15, 0.2) is 4.80 Å². The summed E-state index contributed by atoms with van der Waals surface area (Å²) in [5.41, 5.74) is 3.39. The van der Waals surface area contributed by atoms with Gasteiger partial charge in [0.2, 0.25) is 0 Å². The molecule has 0 saturated carbocycles. The SMILES string of the molecule is CCCCCCc1ccc(OCCOc2ccccc2/C=c2/sc3n(c2=O)[C@@H](c2ccc(Cl)cc2)C(C(=O)OCC)=C(C)N=3)cc1. The number of rotatable bonds is 14. The molecule has 7 nitrogen and oxygen atoms in total. The van der Waals surface area contributed by atoms with Crippen LogP contribution in [-0.4, -0.2) is 30.4 Å². The van der Waals surface area contributed by atoms with E-state index in [0.29, 0.717) is 44.6 Å². The fourth-order valence-corrected chi connectivity index (χ4v) is 6.61. The van der Waals surface area contributed by atoms with Crippen molar-refractivity contribution in [3.8, 4) is 11.5 Å². The molecular weight excluding hydrogens is 620 g/mol. The smallest absolute Gasteiger partial charge is 0.338 e. The zero-order valence-electron chi connectivity index (χ0n) is 26.5. The third-order valence-corrected chi connectivity index (χ3v) is 9.00. The van der Waals surface area contributed by atoms with Gasteiger partial charge in [0.1, 0.15) is 24.7 Å². The maximum absolute atomic E-state index is 14.0. The summed E-state index contributed by atoms with van der Waals surface area (Å²) in [5.74, 6) is 0.942. The van der Waals surface area contributed by atoms with Crippen LogP contribution < -0.4 is 24.4 Å². The van der Waals surface area contributed by atoms with Gasteiger partial charge in [0, 0.05) is 10.6 Å². The lowest BCUT2D eigenvalue weighted by molar-refractivity contribution is -0.139. The second-order valence-electron chi connectivity index (χ2n) is 11.0. The summed E-state index contributed by atoms with van der Waals surface area (Å²) in [4.78, 5) is 32.2. The Morgan fingerprint density at radius 3 is 2.43 bits per heavy atom. The van der Waals surface area contributed by atoms with E-state index in [1.54, 1.807) is 30.5 Å². The summed E-state index contributed by atoms with van der Waals surface area (Å²) in [6, 6.07) is 22.3. The van der Waals surface area contributed by atoms with Crippen LogP contribution in [0.2, 0.25) is 5.02 Å². The highest BCUT2D eigenvalue weighted by molar-refractivity contribution is 7.07. The van der Waals surface area contributed by atoms with Gasteiger partial charge in [-0.1, -0.05) is 91.6 Å². The number of fused-ring (bicyclic) bond motifs is 1. The Morgan fingerprint density at radius 2 is 1.70 bits per heavy atom. The Morgan fingerprint density at radius 1 is 0.957 bits per heavy atom. The van der Waals surface area contributed by atoms with Crippen molar-refractivity contribution < 1.29 is 19.0 Å². The molecule has 4 aromatic rings. The van der Waals surface area contributed by atoms with Gasteiger partial charge >= 0.3 is 5.97 Å². The molecular formula is C37H39ClN2O5S. The molecule has 9 heteroatoms. The lowest BCUT2D eigenvalue weighted by Gasteiger charge is -2.24. The molecule has 3 aromatic carbocycles. The van der Waals surface area contributed by atoms with Crippen molar-refractivity contribution in [2.45, 2.75) is 58.9 Å². The number of unbranched alkanes of at least 4 members (excludes halogenated alkanes) is 3. The number of thiazole rings is 1. The second-order valence-corrected chi connectivity index (χ2v) is 12.5. The number of benzene rings is 3. The molecule has 46 heavy (non-hydrogen) atoms. The van der Waals surface area contributed by atoms with E-state index >= 15 is 0 Å². The molecule has 0 N–H and O–H groups in total. The topological polar surface area (TPSA) is 79.1 Å². The Balaban J connectivity index is 1.34. The standard InChI is InChI=1S/C37H39ClN2O5S/c1-4-6-7-8-11-26-14-20-30(21-15-26)44-22-23-45-31-13-10-9-12-28(31)24-32-35(41)40-34(27-16-18-29(38)19-17-27)33(36(42)43-5-2)25(3)39-37(40)46-32/h9-10,12-21,24,34H,4-8,11,22-23H2,1-3H3/b32-24+/t34-/m0/s1. The summed E-state index contributed by atoms with van der Waals surface area (Å²) in [6.07, 6.45) is 7.89. The van der Waals surface area contributed by atoms with Crippen molar-refractivity contribution in [1.82, 2.24) is 4.57 Å². The predicted molar refractivity (Wildman–Crippen MR) is 184 cm³/mol. The van der Waals surface area contributed by atoms with Crippen LogP contribution in [0.4, 0.5) is 0 Å². The van der Waals surface area contributed by atoms with Gasteiger partial charge in [0.25, 0.3) is 5.56 Å². The number of esters is 1. The maximum atomic E-state index is 14.0. The van der Waals surface area contributed by atoms with Crippen LogP contribution in [0.15, 0.2) is 93.9 Å². The largest absolute Gasteiger partial charge is 0.490 e. The number of ether oxygens (including phenoxy) is 3. The number of hydrogen-bond acceptors (Lipinski definition) is 7. The van der Waals surface area contributed by atoms with Gasteiger partial charge in [-0.15, -0.1) is 0 Å². The number of hydrogen-bond donors (Lipinski definition) is 0. The average Bonchev–Trinajstić information content (AvgIpc) is 3.36. The van der Waals surface area contributed by atoms with Crippen molar-refractivity contribution >= 4 is 35.0 Å². The molecule has 1 aliphatic rings. The zero-order chi connectivity index (χ0) is 32.5. The Labute approximate surface area is 278 Å². The van der Waals surface area contributed by atoms with Gasteiger partial charge in [-0.3, -0.25) is 9.36 Å². The van der Waals surface area contributed by atoms with E-state index in [1.807, 2.05) is 54.6 Å². The van der Waals surface area contributed by atoms with Gasteiger partial charge in [0.05, 0.1) is 28.5 Å². The van der Waals surface area contributed by atoms with Crippen LogP contribution in [0.25, 0.3) is 6.08 Å². The lowest BCUT2D eigenvalue weighted by Crippen LogP contribution is -2.39. The van der Waals surface area contributed by atoms with Crippen molar-refractivity contribution in [2.24, 2.45) is 4.99 Å². The Hall–Kier alpha value is -4.14. The highest BCUT2D eigenvalue weighted by atomic mass is 35.5. The third-order valence-electron chi connectivity index (χ3n) is 7.76. The Kier molecular flexibility index (Phi) is 11.5. The number of aryl methyl sites for hydroxylation is 1. The van der Waals surface area contributed by atoms with Gasteiger partial charge in [-0.05, 0) is 74.2 Å². The molecule has 0 spiro atoms. The highest BCUT2D eigenvalue weighted by Gasteiger charge is 2.33. The maximum Gasteiger partial charge on any atom is 0.338 e. The minimum Gasteiger partial charge on any atom is -0.490 e. The predicted octanol–water partition coefficient (Wildman–Crippen LogP) is 7.03. The van der Waals surface area contributed by atoms with E-state index in [1.165, 1.54) is 42.6 Å². The number of halogens is 1. The first-order valence-corrected chi connectivity index (χ1v) is 17.0. The van der Waals surface area contributed by atoms with Crippen LogP contribution in [0, 0.1) is 0 Å². The molecule has 1 aromatic heterocycles. The van der Waals surface area contributed by atoms with Crippen LogP contribution in [-0.2, 0) is 16.0 Å². The van der Waals surface area contributed by atoms with E-state index in [9.17, 15) is 9.59 Å². The normalized spacial score (nSPS) is 14.5. The van der Waals surface area contributed by atoms with E-state index in [0.717, 1.165) is 23.3 Å². The molecule has 5 rings (SSSR count). The molecule has 0 unspecified atom stereocenters. The second kappa shape index (κ2) is 15.9. The van der Waals surface area contributed by atoms with Crippen molar-refractivity contribution in [2.75, 3.05) is 19.8 Å². The average molecular weight is 659 g/mol. The van der Waals surface area contributed by atoms with Gasteiger partial charge < -0.3 is 14.2 Å². The van der Waals surface area contributed by atoms with Crippen molar-refractivity contribution in [3.63, 3.8) is 0 Å². The fourth-order valence-electron chi connectivity index (χ4n) is 5.44. The zero-order valence-corrected chi connectivity index (χ0v) is 28.0. The summed E-state index contributed by atoms with van der Waals surface area (Å²) in [5, 5.41) is 0.558. The monoisotopic (exact) mass is 658 g/mol. The van der Waals surface area contributed by atoms with Crippen LogP contribution in [0.5, 0.6) is 11.5 Å². The van der Waals surface area contributed by atoms with Crippen LogP contribution >= 0.6 is 22.9 Å². The van der Waals surface area contributed by atoms with E-state index in [-0.39, 0.29) is 12.2 Å². The summed E-state index contributed by atoms with van der Waals surface area (Å²) in [7, 11) is 0. The summed E-state index contributed by atoms with van der Waals surface area (Å²) < 4.78 is 19.4. The summed E-state index contributed by atoms with van der Waals surface area (Å²) >= 11 is 7.43. The molecule has 240 valence electrons. The number of allylic oxidation sites excluding steroid dienone is 1. The van der Waals surface area contributed by atoms with Gasteiger partial charge in [-0.25, -0.2) is 9.79 Å². The molecule has 0 aliphatic carbocycles. The van der Waals surface area contributed by atoms with Crippen LogP contribution in [0.3, 0.4) is 0 Å². The first kappa shape index (κ1) is 33.2. The first-order valence-electron chi connectivity index (χ1n) is 15.8. The number of carbonyl (C=O) groups excluding carboxylic acids is 1.